The molecule has 0 saturated carbocycles. The molecule has 112 valence electrons. The number of hydrogen-bond donors (Lipinski definition) is 1. The minimum Gasteiger partial charge on any atom is -0.478 e. The summed E-state index contributed by atoms with van der Waals surface area (Å²) in [6, 6.07) is 0. The fourth-order valence-electron chi connectivity index (χ4n) is 1.52. The third-order valence-corrected chi connectivity index (χ3v) is 2.56. The molecule has 0 aliphatic heterocycles. The van der Waals surface area contributed by atoms with E-state index in [0.717, 1.165) is 18.1 Å². The Labute approximate surface area is 117 Å². The second-order valence-corrected chi connectivity index (χ2v) is 3.90. The topological polar surface area (TPSA) is 101 Å². The van der Waals surface area contributed by atoms with E-state index in [1.165, 1.54) is 0 Å². The van der Waals surface area contributed by atoms with Crippen LogP contribution in [0.1, 0.15) is 33.1 Å². The minimum absolute atomic E-state index is 0.0481. The number of rotatable bonds is 7. The zero-order valence-corrected chi connectivity index (χ0v) is 11.8. The zero-order chi connectivity index (χ0) is 15.7. The van der Waals surface area contributed by atoms with Crippen LogP contribution in [0.25, 0.3) is 0 Å². The van der Waals surface area contributed by atoms with Crippen molar-refractivity contribution in [2.75, 3.05) is 13.7 Å². The van der Waals surface area contributed by atoms with E-state index in [4.69, 9.17) is 5.11 Å². The third kappa shape index (κ3) is 5.64. The van der Waals surface area contributed by atoms with Gasteiger partial charge in [-0.05, 0) is 6.42 Å². The highest BCUT2D eigenvalue weighted by Gasteiger charge is 2.20. The first-order chi connectivity index (χ1) is 9.37. The lowest BCUT2D eigenvalue weighted by molar-refractivity contribution is -0.145. The van der Waals surface area contributed by atoms with Crippen molar-refractivity contribution in [2.45, 2.75) is 33.1 Å². The Hall–Kier alpha value is -2.18. The van der Waals surface area contributed by atoms with Gasteiger partial charge in [0.05, 0.1) is 7.11 Å². The standard InChI is InChI=1S/C13H19NO6/c1-4-10(15)14(11(16)5-2)7-6-9(8-12(17)18)13(19)20-3/h8H,4-7H2,1-3H3,(H,17,18)/b9-8+. The Balaban J connectivity index is 4.96. The van der Waals surface area contributed by atoms with Crippen molar-refractivity contribution >= 4 is 23.8 Å². The lowest BCUT2D eigenvalue weighted by atomic mass is 10.1. The quantitative estimate of drug-likeness (QED) is 0.546. The van der Waals surface area contributed by atoms with Crippen LogP contribution < -0.4 is 0 Å². The molecule has 7 nitrogen and oxygen atoms in total. The summed E-state index contributed by atoms with van der Waals surface area (Å²) < 4.78 is 4.46. The molecule has 0 atom stereocenters. The summed E-state index contributed by atoms with van der Waals surface area (Å²) >= 11 is 0. The predicted octanol–water partition coefficient (Wildman–Crippen LogP) is 0.736. The van der Waals surface area contributed by atoms with Crippen molar-refractivity contribution < 1.29 is 29.0 Å². The number of carboxylic acid groups (broad SMARTS) is 1. The van der Waals surface area contributed by atoms with Crippen LogP contribution in [0, 0.1) is 0 Å². The highest BCUT2D eigenvalue weighted by atomic mass is 16.5. The average Bonchev–Trinajstić information content (AvgIpc) is 2.43. The fraction of sp³-hybridized carbons (Fsp3) is 0.538. The number of ether oxygens (including phenoxy) is 1. The largest absolute Gasteiger partial charge is 0.478 e. The van der Waals surface area contributed by atoms with Gasteiger partial charge in [0.1, 0.15) is 0 Å². The summed E-state index contributed by atoms with van der Waals surface area (Å²) in [6.45, 7) is 3.19. The number of carbonyl (C=O) groups is 4. The molecular formula is C13H19NO6. The zero-order valence-electron chi connectivity index (χ0n) is 11.8. The van der Waals surface area contributed by atoms with E-state index in [9.17, 15) is 19.2 Å². The molecule has 0 aromatic rings. The summed E-state index contributed by atoms with van der Waals surface area (Å²) in [5.41, 5.74) is -0.0993. The third-order valence-electron chi connectivity index (χ3n) is 2.56. The molecular weight excluding hydrogens is 266 g/mol. The summed E-state index contributed by atoms with van der Waals surface area (Å²) in [4.78, 5) is 46.3. The molecule has 20 heavy (non-hydrogen) atoms. The van der Waals surface area contributed by atoms with Crippen LogP contribution in [0.5, 0.6) is 0 Å². The molecule has 1 N–H and O–H groups in total. The van der Waals surface area contributed by atoms with E-state index < -0.39 is 11.9 Å². The number of methoxy groups -OCH3 is 1. The van der Waals surface area contributed by atoms with Gasteiger partial charge in [0, 0.05) is 31.0 Å². The van der Waals surface area contributed by atoms with Gasteiger partial charge in [-0.3, -0.25) is 14.5 Å². The lowest BCUT2D eigenvalue weighted by Gasteiger charge is -2.19. The highest BCUT2D eigenvalue weighted by molar-refractivity contribution is 5.97. The summed E-state index contributed by atoms with van der Waals surface area (Å²) in [6.07, 6.45) is 0.969. The smallest absolute Gasteiger partial charge is 0.334 e. The van der Waals surface area contributed by atoms with Gasteiger partial charge in [-0.15, -0.1) is 0 Å². The normalized spacial score (nSPS) is 10.8. The van der Waals surface area contributed by atoms with Crippen molar-refractivity contribution in [1.29, 1.82) is 0 Å². The number of nitrogens with zero attached hydrogens (tertiary/aromatic N) is 1. The van der Waals surface area contributed by atoms with Gasteiger partial charge < -0.3 is 9.84 Å². The van der Waals surface area contributed by atoms with Crippen LogP contribution in [0.15, 0.2) is 11.6 Å². The number of imide groups is 1. The Kier molecular flexibility index (Phi) is 7.88. The first-order valence-corrected chi connectivity index (χ1v) is 6.22. The molecule has 0 aliphatic rings. The molecule has 0 saturated heterocycles. The summed E-state index contributed by atoms with van der Waals surface area (Å²) in [5, 5.41) is 8.67. The fourth-order valence-corrected chi connectivity index (χ4v) is 1.52. The van der Waals surface area contributed by atoms with Gasteiger partial charge in [-0.2, -0.15) is 0 Å². The van der Waals surface area contributed by atoms with E-state index in [1.54, 1.807) is 13.8 Å². The van der Waals surface area contributed by atoms with Crippen LogP contribution in [0.3, 0.4) is 0 Å². The van der Waals surface area contributed by atoms with Crippen LogP contribution in [0.2, 0.25) is 0 Å². The lowest BCUT2D eigenvalue weighted by Crippen LogP contribution is -2.37. The molecule has 0 spiro atoms. The van der Waals surface area contributed by atoms with Crippen molar-refractivity contribution in [3.8, 4) is 0 Å². The Morgan fingerprint density at radius 1 is 1.10 bits per heavy atom. The number of aliphatic carboxylic acids is 1. The number of amides is 2. The molecule has 0 aromatic heterocycles. The van der Waals surface area contributed by atoms with Gasteiger partial charge in [0.2, 0.25) is 11.8 Å². The number of esters is 1. The second kappa shape index (κ2) is 8.84. The molecule has 0 bridgehead atoms. The maximum atomic E-state index is 11.6. The molecule has 7 heteroatoms. The second-order valence-electron chi connectivity index (χ2n) is 3.90. The Bertz CT molecular complexity index is 411. The molecule has 0 rings (SSSR count). The SMILES string of the molecule is CCC(=O)N(CC/C(=C\C(=O)O)C(=O)OC)C(=O)CC. The number of carboxylic acids is 1. The van der Waals surface area contributed by atoms with E-state index >= 15 is 0 Å². The van der Waals surface area contributed by atoms with Crippen LogP contribution in [-0.4, -0.2) is 47.4 Å². The molecule has 0 fully saturated rings. The monoisotopic (exact) mass is 285 g/mol. The maximum absolute atomic E-state index is 11.6. The Morgan fingerprint density at radius 3 is 1.95 bits per heavy atom. The highest BCUT2D eigenvalue weighted by Crippen LogP contribution is 2.08. The first-order valence-electron chi connectivity index (χ1n) is 6.22. The van der Waals surface area contributed by atoms with E-state index in [2.05, 4.69) is 4.74 Å². The van der Waals surface area contributed by atoms with E-state index in [-0.39, 0.29) is 43.2 Å². The minimum atomic E-state index is -1.29. The van der Waals surface area contributed by atoms with Crippen LogP contribution >= 0.6 is 0 Å². The average molecular weight is 285 g/mol. The van der Waals surface area contributed by atoms with Crippen molar-refractivity contribution in [2.24, 2.45) is 0 Å². The molecule has 2 amide bonds. The molecule has 0 unspecified atom stereocenters. The van der Waals surface area contributed by atoms with Gasteiger partial charge in [0.25, 0.3) is 0 Å². The van der Waals surface area contributed by atoms with Crippen LogP contribution in [-0.2, 0) is 23.9 Å². The van der Waals surface area contributed by atoms with Crippen LogP contribution in [0.4, 0.5) is 0 Å². The summed E-state index contributed by atoms with van der Waals surface area (Å²) in [5.74, 6) is -2.81. The Morgan fingerprint density at radius 2 is 1.60 bits per heavy atom. The van der Waals surface area contributed by atoms with Crippen molar-refractivity contribution in [3.63, 3.8) is 0 Å². The van der Waals surface area contributed by atoms with Gasteiger partial charge in [0.15, 0.2) is 0 Å². The van der Waals surface area contributed by atoms with E-state index in [1.807, 2.05) is 0 Å². The van der Waals surface area contributed by atoms with Crippen molar-refractivity contribution in [1.82, 2.24) is 4.90 Å². The van der Waals surface area contributed by atoms with Gasteiger partial charge in [-0.1, -0.05) is 13.8 Å². The van der Waals surface area contributed by atoms with Gasteiger partial charge >= 0.3 is 11.9 Å². The number of carbonyl (C=O) groups excluding carboxylic acids is 3. The van der Waals surface area contributed by atoms with Gasteiger partial charge in [-0.25, -0.2) is 9.59 Å². The number of hydrogen-bond acceptors (Lipinski definition) is 5. The first kappa shape index (κ1) is 17.8. The maximum Gasteiger partial charge on any atom is 0.334 e. The molecule has 0 radical (unpaired) electrons. The molecule has 0 heterocycles. The predicted molar refractivity (Wildman–Crippen MR) is 69.7 cm³/mol. The molecule has 0 aromatic carbocycles. The summed E-state index contributed by atoms with van der Waals surface area (Å²) in [7, 11) is 1.13. The van der Waals surface area contributed by atoms with Crippen molar-refractivity contribution in [3.05, 3.63) is 11.6 Å². The van der Waals surface area contributed by atoms with E-state index in [0.29, 0.717) is 0 Å². The molecule has 0 aliphatic carbocycles.